The molecule has 14 nitrogen and oxygen atoms in total. The van der Waals surface area contributed by atoms with Crippen LogP contribution in [0.25, 0.3) is 0 Å². The molecular formula is C29H27ClF3N9O5S. The standard InChI is InChI=1S/C29H27ClF3N9O5S/c30-20-7-5-19(6-8-20)28(11-12-28)41-25-38-24(39-27(40-25)47-17-29(31,32)33)36-21-9-3-18(4-10-21)23(43)42-48(45,46)15-14-35-26(44)37-22-2-1-13-34-16-22/h1-10,13,16H,11-12,14-15,17H2,(H,42,43)(H2,35,37,44)(H2,36,38,39,40,41). The lowest BCUT2D eigenvalue weighted by molar-refractivity contribution is -0.154. The van der Waals surface area contributed by atoms with E-state index in [2.05, 4.69) is 41.2 Å². The number of carbonyl (C=O) groups is 2. The van der Waals surface area contributed by atoms with Crippen LogP contribution in [0, 0.1) is 0 Å². The van der Waals surface area contributed by atoms with Crippen molar-refractivity contribution < 1.29 is 35.9 Å². The van der Waals surface area contributed by atoms with Crippen molar-refractivity contribution in [1.82, 2.24) is 30.0 Å². The summed E-state index contributed by atoms with van der Waals surface area (Å²) in [6, 6.07) is 14.5. The van der Waals surface area contributed by atoms with E-state index in [1.807, 2.05) is 16.9 Å². The molecule has 1 aliphatic carbocycles. The van der Waals surface area contributed by atoms with Gasteiger partial charge >= 0.3 is 18.2 Å². The molecule has 1 saturated carbocycles. The van der Waals surface area contributed by atoms with Crippen LogP contribution in [0.2, 0.25) is 5.02 Å². The van der Waals surface area contributed by atoms with Gasteiger partial charge in [-0.05, 0) is 66.9 Å². The quantitative estimate of drug-likeness (QED) is 0.131. The van der Waals surface area contributed by atoms with E-state index < -0.39 is 52.0 Å². The first kappa shape index (κ1) is 34.1. The number of ether oxygens (including phenoxy) is 1. The van der Waals surface area contributed by atoms with E-state index in [1.165, 1.54) is 36.7 Å². The molecular weight excluding hydrogens is 679 g/mol. The molecule has 252 valence electrons. The molecule has 5 N–H and O–H groups in total. The van der Waals surface area contributed by atoms with E-state index >= 15 is 0 Å². The largest absolute Gasteiger partial charge is 0.454 e. The summed E-state index contributed by atoms with van der Waals surface area (Å²) in [5.41, 5.74) is 1.04. The molecule has 0 spiro atoms. The molecule has 5 rings (SSSR count). The number of benzene rings is 2. The molecule has 0 atom stereocenters. The maximum atomic E-state index is 12.9. The lowest BCUT2D eigenvalue weighted by Crippen LogP contribution is -2.38. The van der Waals surface area contributed by atoms with Crippen molar-refractivity contribution in [3.8, 4) is 6.01 Å². The lowest BCUT2D eigenvalue weighted by atomic mass is 10.1. The van der Waals surface area contributed by atoms with Crippen LogP contribution >= 0.6 is 11.6 Å². The highest BCUT2D eigenvalue weighted by atomic mass is 35.5. The number of halogens is 4. The molecule has 3 amide bonds. The number of pyridine rings is 1. The average molecular weight is 706 g/mol. The molecule has 1 aliphatic rings. The Morgan fingerprint density at radius 1 is 0.938 bits per heavy atom. The maximum Gasteiger partial charge on any atom is 0.422 e. The van der Waals surface area contributed by atoms with Gasteiger partial charge in [-0.1, -0.05) is 23.7 Å². The Kier molecular flexibility index (Phi) is 10.1. The molecule has 0 aliphatic heterocycles. The predicted molar refractivity (Wildman–Crippen MR) is 170 cm³/mol. The number of sulfonamides is 1. The zero-order chi connectivity index (χ0) is 34.4. The third-order valence-electron chi connectivity index (χ3n) is 6.70. The van der Waals surface area contributed by atoms with E-state index in [-0.39, 0.29) is 24.0 Å². The van der Waals surface area contributed by atoms with E-state index in [1.54, 1.807) is 24.3 Å². The second-order valence-corrected chi connectivity index (χ2v) is 12.7. The van der Waals surface area contributed by atoms with Gasteiger partial charge in [0.25, 0.3) is 5.91 Å². The predicted octanol–water partition coefficient (Wildman–Crippen LogP) is 4.59. The Morgan fingerprint density at radius 3 is 2.29 bits per heavy atom. The topological polar surface area (TPSA) is 189 Å². The number of rotatable bonds is 13. The first-order chi connectivity index (χ1) is 22.8. The summed E-state index contributed by atoms with van der Waals surface area (Å²) in [7, 11) is -4.12. The van der Waals surface area contributed by atoms with Gasteiger partial charge in [0.2, 0.25) is 21.9 Å². The molecule has 19 heteroatoms. The summed E-state index contributed by atoms with van der Waals surface area (Å²) in [4.78, 5) is 40.6. The summed E-state index contributed by atoms with van der Waals surface area (Å²) >= 11 is 6.00. The van der Waals surface area contributed by atoms with E-state index in [9.17, 15) is 31.2 Å². The van der Waals surface area contributed by atoms with Crippen LogP contribution in [0.5, 0.6) is 6.01 Å². The highest BCUT2D eigenvalue weighted by Gasteiger charge is 2.45. The summed E-state index contributed by atoms with van der Waals surface area (Å²) < 4.78 is 70.1. The molecule has 0 saturated heterocycles. The van der Waals surface area contributed by atoms with Gasteiger partial charge < -0.3 is 26.0 Å². The molecule has 0 unspecified atom stereocenters. The van der Waals surface area contributed by atoms with Crippen molar-refractivity contribution in [2.75, 3.05) is 34.9 Å². The molecule has 4 aromatic rings. The SMILES string of the molecule is O=C(NCCS(=O)(=O)NC(=O)c1ccc(Nc2nc(NC3(c4ccc(Cl)cc4)CC3)nc(OCC(F)(F)F)n2)cc1)Nc1cccnc1. The van der Waals surface area contributed by atoms with Crippen molar-refractivity contribution in [3.05, 3.63) is 89.2 Å². The lowest BCUT2D eigenvalue weighted by Gasteiger charge is -2.19. The second kappa shape index (κ2) is 14.3. The summed E-state index contributed by atoms with van der Waals surface area (Å²) in [5, 5.41) is 11.4. The Labute approximate surface area is 277 Å². The number of alkyl halides is 3. The van der Waals surface area contributed by atoms with Crippen molar-refractivity contribution in [2.24, 2.45) is 0 Å². The van der Waals surface area contributed by atoms with E-state index in [0.717, 1.165) is 5.56 Å². The van der Waals surface area contributed by atoms with Gasteiger partial charge in [0, 0.05) is 29.0 Å². The Bertz CT molecular complexity index is 1860. The van der Waals surface area contributed by atoms with Crippen LogP contribution in [0.3, 0.4) is 0 Å². The average Bonchev–Trinajstić information content (AvgIpc) is 3.80. The fraction of sp³-hybridized carbons (Fsp3) is 0.241. The number of nitrogens with zero attached hydrogens (tertiary/aromatic N) is 4. The molecule has 2 aromatic heterocycles. The molecule has 48 heavy (non-hydrogen) atoms. The van der Waals surface area contributed by atoms with Crippen LogP contribution in [-0.4, -0.2) is 65.4 Å². The van der Waals surface area contributed by atoms with Gasteiger partial charge in [0.05, 0.1) is 23.2 Å². The number of anilines is 4. The van der Waals surface area contributed by atoms with Crippen molar-refractivity contribution in [3.63, 3.8) is 0 Å². The third kappa shape index (κ3) is 9.88. The van der Waals surface area contributed by atoms with Gasteiger partial charge in [-0.3, -0.25) is 9.78 Å². The summed E-state index contributed by atoms with van der Waals surface area (Å²) in [5.74, 6) is -1.70. The Hall–Kier alpha value is -5.23. The fourth-order valence-corrected chi connectivity index (χ4v) is 5.27. The maximum absolute atomic E-state index is 12.9. The minimum absolute atomic E-state index is 0.0164. The first-order valence-corrected chi connectivity index (χ1v) is 16.2. The third-order valence-corrected chi connectivity index (χ3v) is 8.19. The molecule has 0 bridgehead atoms. The number of urea groups is 1. The number of nitrogens with one attached hydrogen (secondary N) is 5. The molecule has 0 radical (unpaired) electrons. The number of hydrogen-bond donors (Lipinski definition) is 5. The van der Waals surface area contributed by atoms with Crippen LogP contribution in [-0.2, 0) is 15.6 Å². The Balaban J connectivity index is 1.21. The number of carbonyl (C=O) groups excluding carboxylic acids is 2. The molecule has 1 fully saturated rings. The zero-order valence-corrected chi connectivity index (χ0v) is 26.3. The minimum atomic E-state index is -4.63. The van der Waals surface area contributed by atoms with Crippen molar-refractivity contribution in [2.45, 2.75) is 24.6 Å². The van der Waals surface area contributed by atoms with Crippen molar-refractivity contribution in [1.29, 1.82) is 0 Å². The van der Waals surface area contributed by atoms with Gasteiger partial charge in [0.1, 0.15) is 0 Å². The molecule has 2 heterocycles. The smallest absolute Gasteiger partial charge is 0.422 e. The van der Waals surface area contributed by atoms with Gasteiger partial charge in [-0.25, -0.2) is 17.9 Å². The van der Waals surface area contributed by atoms with Crippen LogP contribution in [0.1, 0.15) is 28.8 Å². The monoisotopic (exact) mass is 705 g/mol. The van der Waals surface area contributed by atoms with Gasteiger partial charge in [-0.2, -0.15) is 28.1 Å². The fourth-order valence-electron chi connectivity index (χ4n) is 4.27. The highest BCUT2D eigenvalue weighted by molar-refractivity contribution is 7.90. The van der Waals surface area contributed by atoms with Gasteiger partial charge in [-0.15, -0.1) is 0 Å². The number of hydrogen-bond acceptors (Lipinski definition) is 11. The zero-order valence-electron chi connectivity index (χ0n) is 24.7. The van der Waals surface area contributed by atoms with E-state index in [4.69, 9.17) is 16.3 Å². The summed E-state index contributed by atoms with van der Waals surface area (Å²) in [6.07, 6.45) is -0.286. The van der Waals surface area contributed by atoms with Crippen LogP contribution in [0.4, 0.5) is 41.2 Å². The van der Waals surface area contributed by atoms with E-state index in [0.29, 0.717) is 29.2 Å². The van der Waals surface area contributed by atoms with Crippen LogP contribution in [0.15, 0.2) is 73.1 Å². The first-order valence-electron chi connectivity index (χ1n) is 14.1. The van der Waals surface area contributed by atoms with Crippen LogP contribution < -0.4 is 30.7 Å². The highest BCUT2D eigenvalue weighted by Crippen LogP contribution is 2.48. The normalized spacial score (nSPS) is 13.6. The minimum Gasteiger partial charge on any atom is -0.454 e. The molecule has 2 aromatic carbocycles. The number of amides is 3. The second-order valence-electron chi connectivity index (χ2n) is 10.5. The Morgan fingerprint density at radius 2 is 1.65 bits per heavy atom. The summed E-state index contributed by atoms with van der Waals surface area (Å²) in [6.45, 7) is -1.91. The van der Waals surface area contributed by atoms with Crippen molar-refractivity contribution >= 4 is 56.8 Å². The van der Waals surface area contributed by atoms with Gasteiger partial charge in [0.15, 0.2) is 6.61 Å². The number of aromatic nitrogens is 4.